The van der Waals surface area contributed by atoms with Gasteiger partial charge in [0.15, 0.2) is 0 Å². The number of anilines is 2. The molecule has 0 saturated heterocycles. The highest BCUT2D eigenvalue weighted by molar-refractivity contribution is 6.00. The van der Waals surface area contributed by atoms with Crippen LogP contribution in [-0.2, 0) is 0 Å². The minimum atomic E-state index is -0.478. The quantitative estimate of drug-likeness (QED) is 0.759. The molecule has 1 aromatic rings. The molecular weight excluding hydrogens is 226 g/mol. The van der Waals surface area contributed by atoms with Crippen LogP contribution < -0.4 is 16.4 Å². The molecule has 0 fully saturated rings. The first-order valence-corrected chi connectivity index (χ1v) is 6.44. The Hall–Kier alpha value is -1.71. The van der Waals surface area contributed by atoms with Gasteiger partial charge in [0.1, 0.15) is 0 Å². The number of para-hydroxylation sites is 1. The van der Waals surface area contributed by atoms with Gasteiger partial charge in [-0.2, -0.15) is 0 Å². The van der Waals surface area contributed by atoms with Crippen LogP contribution in [0.25, 0.3) is 0 Å². The number of hydrogen-bond acceptors (Lipinski definition) is 3. The fraction of sp³-hybridized carbons (Fsp3) is 0.500. The van der Waals surface area contributed by atoms with Gasteiger partial charge < -0.3 is 16.4 Å². The Balaban J connectivity index is 3.06. The molecule has 4 heteroatoms. The molecule has 18 heavy (non-hydrogen) atoms. The van der Waals surface area contributed by atoms with Crippen LogP contribution in [0.3, 0.4) is 0 Å². The smallest absolute Gasteiger partial charge is 0.250 e. The van der Waals surface area contributed by atoms with Gasteiger partial charge in [-0.25, -0.2) is 0 Å². The number of benzene rings is 1. The number of nitrogens with zero attached hydrogens (tertiary/aromatic N) is 1. The summed E-state index contributed by atoms with van der Waals surface area (Å²) in [6.45, 7) is 8.24. The molecule has 100 valence electrons. The molecule has 1 amide bonds. The van der Waals surface area contributed by atoms with Gasteiger partial charge in [-0.15, -0.1) is 0 Å². The van der Waals surface area contributed by atoms with Gasteiger partial charge >= 0.3 is 0 Å². The number of rotatable bonds is 6. The molecule has 0 aliphatic heterocycles. The van der Waals surface area contributed by atoms with Crippen LogP contribution in [0.1, 0.15) is 37.6 Å². The zero-order valence-corrected chi connectivity index (χ0v) is 11.4. The Morgan fingerprint density at radius 1 is 1.39 bits per heavy atom. The molecule has 1 aromatic carbocycles. The van der Waals surface area contributed by atoms with Crippen molar-refractivity contribution in [2.24, 2.45) is 11.7 Å². The van der Waals surface area contributed by atoms with Gasteiger partial charge in [0.2, 0.25) is 0 Å². The highest BCUT2D eigenvalue weighted by Crippen LogP contribution is 2.27. The highest BCUT2D eigenvalue weighted by Gasteiger charge is 2.15. The maximum absolute atomic E-state index is 11.3. The third-order valence-electron chi connectivity index (χ3n) is 3.30. The lowest BCUT2D eigenvalue weighted by Gasteiger charge is -2.28. The predicted molar refractivity (Wildman–Crippen MR) is 76.7 cm³/mol. The van der Waals surface area contributed by atoms with E-state index in [1.54, 1.807) is 6.07 Å². The molecule has 0 radical (unpaired) electrons. The molecule has 1 atom stereocenters. The normalized spacial score (nSPS) is 12.2. The summed E-state index contributed by atoms with van der Waals surface area (Å²) in [5, 5.41) is 0. The van der Waals surface area contributed by atoms with Crippen molar-refractivity contribution in [1.29, 1.82) is 0 Å². The molecule has 0 heterocycles. The van der Waals surface area contributed by atoms with Crippen molar-refractivity contribution < 1.29 is 4.79 Å². The standard InChI is InChI=1S/C14H23N3O/c1-4-10(3)9-17(5-2)12-8-6-7-11(13(12)15)14(16)18/h6-8,10H,4-5,9,15H2,1-3H3,(H2,16,18). The minimum Gasteiger partial charge on any atom is -0.396 e. The summed E-state index contributed by atoms with van der Waals surface area (Å²) in [5.74, 6) is 0.107. The number of hydrogen-bond donors (Lipinski definition) is 2. The Labute approximate surface area is 109 Å². The third kappa shape index (κ3) is 3.15. The first kappa shape index (κ1) is 14.4. The number of nitrogen functional groups attached to an aromatic ring is 1. The molecule has 4 N–H and O–H groups in total. The summed E-state index contributed by atoms with van der Waals surface area (Å²) < 4.78 is 0. The second kappa shape index (κ2) is 6.28. The van der Waals surface area contributed by atoms with Crippen molar-refractivity contribution in [3.05, 3.63) is 23.8 Å². The van der Waals surface area contributed by atoms with Crippen LogP contribution in [0, 0.1) is 5.92 Å². The first-order valence-electron chi connectivity index (χ1n) is 6.44. The van der Waals surface area contributed by atoms with Crippen molar-refractivity contribution >= 4 is 17.3 Å². The van der Waals surface area contributed by atoms with E-state index in [2.05, 4.69) is 25.7 Å². The molecule has 4 nitrogen and oxygen atoms in total. The summed E-state index contributed by atoms with van der Waals surface area (Å²) in [4.78, 5) is 13.5. The van der Waals surface area contributed by atoms with Crippen molar-refractivity contribution in [2.75, 3.05) is 23.7 Å². The number of nitrogens with two attached hydrogens (primary N) is 2. The lowest BCUT2D eigenvalue weighted by molar-refractivity contribution is 0.100. The van der Waals surface area contributed by atoms with Crippen LogP contribution in [0.5, 0.6) is 0 Å². The number of amides is 1. The Morgan fingerprint density at radius 3 is 2.56 bits per heavy atom. The largest absolute Gasteiger partial charge is 0.396 e. The SMILES string of the molecule is CCC(C)CN(CC)c1cccc(C(N)=O)c1N. The lowest BCUT2D eigenvalue weighted by atomic mass is 10.1. The lowest BCUT2D eigenvalue weighted by Crippen LogP contribution is -2.29. The van der Waals surface area contributed by atoms with E-state index in [4.69, 9.17) is 11.5 Å². The summed E-state index contributed by atoms with van der Waals surface area (Å²) in [6, 6.07) is 5.43. The van der Waals surface area contributed by atoms with E-state index < -0.39 is 5.91 Å². The average molecular weight is 249 g/mol. The van der Waals surface area contributed by atoms with Gasteiger partial charge in [-0.1, -0.05) is 26.3 Å². The first-order chi connectivity index (χ1) is 8.51. The number of primary amides is 1. The van der Waals surface area contributed by atoms with Crippen LogP contribution in [-0.4, -0.2) is 19.0 Å². The topological polar surface area (TPSA) is 72.3 Å². The fourth-order valence-corrected chi connectivity index (χ4v) is 1.95. The van der Waals surface area contributed by atoms with Gasteiger partial charge in [-0.05, 0) is 25.0 Å². The maximum Gasteiger partial charge on any atom is 0.250 e. The average Bonchev–Trinajstić information content (AvgIpc) is 2.35. The van der Waals surface area contributed by atoms with Crippen LogP contribution in [0.2, 0.25) is 0 Å². The Bertz CT molecular complexity index is 418. The predicted octanol–water partition coefficient (Wildman–Crippen LogP) is 2.24. The molecule has 0 aliphatic rings. The number of carbonyl (C=O) groups is 1. The van der Waals surface area contributed by atoms with E-state index >= 15 is 0 Å². The van der Waals surface area contributed by atoms with E-state index in [-0.39, 0.29) is 0 Å². The number of carbonyl (C=O) groups excluding carboxylic acids is 1. The second-order valence-corrected chi connectivity index (χ2v) is 4.65. The van der Waals surface area contributed by atoms with Crippen LogP contribution in [0.15, 0.2) is 18.2 Å². The molecular formula is C14H23N3O. The highest BCUT2D eigenvalue weighted by atomic mass is 16.1. The summed E-state index contributed by atoms with van der Waals surface area (Å²) in [7, 11) is 0. The van der Waals surface area contributed by atoms with Crippen LogP contribution in [0.4, 0.5) is 11.4 Å². The molecule has 1 rings (SSSR count). The van der Waals surface area contributed by atoms with Crippen LogP contribution >= 0.6 is 0 Å². The summed E-state index contributed by atoms with van der Waals surface area (Å²) in [6.07, 6.45) is 1.12. The van der Waals surface area contributed by atoms with E-state index in [0.717, 1.165) is 25.2 Å². The molecule has 0 aliphatic carbocycles. The zero-order valence-electron chi connectivity index (χ0n) is 11.4. The zero-order chi connectivity index (χ0) is 13.7. The van der Waals surface area contributed by atoms with Gasteiger partial charge in [0, 0.05) is 13.1 Å². The van der Waals surface area contributed by atoms with Crippen molar-refractivity contribution in [3.63, 3.8) is 0 Å². The monoisotopic (exact) mass is 249 g/mol. The molecule has 1 unspecified atom stereocenters. The Morgan fingerprint density at radius 2 is 2.06 bits per heavy atom. The van der Waals surface area contributed by atoms with Crippen molar-refractivity contribution in [1.82, 2.24) is 0 Å². The fourth-order valence-electron chi connectivity index (χ4n) is 1.95. The third-order valence-corrected chi connectivity index (χ3v) is 3.30. The second-order valence-electron chi connectivity index (χ2n) is 4.65. The van der Waals surface area contributed by atoms with E-state index in [1.807, 2.05) is 12.1 Å². The summed E-state index contributed by atoms with van der Waals surface area (Å²) >= 11 is 0. The minimum absolute atomic E-state index is 0.398. The van der Waals surface area contributed by atoms with Crippen molar-refractivity contribution in [2.45, 2.75) is 27.2 Å². The van der Waals surface area contributed by atoms with E-state index in [9.17, 15) is 4.79 Å². The van der Waals surface area contributed by atoms with E-state index in [0.29, 0.717) is 17.2 Å². The van der Waals surface area contributed by atoms with Crippen molar-refractivity contribution in [3.8, 4) is 0 Å². The van der Waals surface area contributed by atoms with Gasteiger partial charge in [-0.3, -0.25) is 4.79 Å². The molecule has 0 spiro atoms. The Kier molecular flexibility index (Phi) is 5.01. The molecule has 0 aromatic heterocycles. The van der Waals surface area contributed by atoms with Gasteiger partial charge in [0.25, 0.3) is 5.91 Å². The maximum atomic E-state index is 11.3. The van der Waals surface area contributed by atoms with Gasteiger partial charge in [0.05, 0.1) is 16.9 Å². The van der Waals surface area contributed by atoms with E-state index in [1.165, 1.54) is 0 Å². The molecule has 0 saturated carbocycles. The molecule has 0 bridgehead atoms. The summed E-state index contributed by atoms with van der Waals surface area (Å²) in [5.41, 5.74) is 13.1.